The van der Waals surface area contributed by atoms with Gasteiger partial charge in [-0.2, -0.15) is 0 Å². The number of unbranched alkanes of at least 4 members (excludes halogenated alkanes) is 1. The average molecular weight is 241 g/mol. The van der Waals surface area contributed by atoms with Crippen LogP contribution < -0.4 is 5.73 Å². The summed E-state index contributed by atoms with van der Waals surface area (Å²) in [5.41, 5.74) is 5.63. The van der Waals surface area contributed by atoms with Gasteiger partial charge in [0.05, 0.1) is 6.04 Å². The van der Waals surface area contributed by atoms with Crippen LogP contribution in [0.3, 0.4) is 0 Å². The van der Waals surface area contributed by atoms with E-state index >= 15 is 0 Å². The monoisotopic (exact) mass is 241 g/mol. The number of amides is 1. The minimum atomic E-state index is -0.0109. The van der Waals surface area contributed by atoms with Crippen molar-refractivity contribution < 1.29 is 4.79 Å². The van der Waals surface area contributed by atoms with Gasteiger partial charge in [-0.05, 0) is 32.7 Å². The molecule has 1 atom stereocenters. The Bertz CT molecular complexity index is 227. The van der Waals surface area contributed by atoms with Gasteiger partial charge in [-0.3, -0.25) is 9.69 Å². The van der Waals surface area contributed by atoms with Gasteiger partial charge < -0.3 is 10.6 Å². The minimum absolute atomic E-state index is 0.0109. The molecule has 2 N–H and O–H groups in total. The molecule has 0 spiro atoms. The number of carbonyl (C=O) groups excluding carboxylic acids is 1. The summed E-state index contributed by atoms with van der Waals surface area (Å²) in [5.74, 6) is 0.284. The van der Waals surface area contributed by atoms with E-state index in [0.29, 0.717) is 6.54 Å². The van der Waals surface area contributed by atoms with Crippen LogP contribution in [0.5, 0.6) is 0 Å². The van der Waals surface area contributed by atoms with Crippen LogP contribution in [0.15, 0.2) is 0 Å². The van der Waals surface area contributed by atoms with Crippen LogP contribution in [0.2, 0.25) is 0 Å². The molecule has 0 saturated carbocycles. The van der Waals surface area contributed by atoms with E-state index in [1.54, 1.807) is 0 Å². The molecule has 4 nitrogen and oxygen atoms in total. The van der Waals surface area contributed by atoms with Gasteiger partial charge in [0.25, 0.3) is 0 Å². The van der Waals surface area contributed by atoms with Crippen LogP contribution >= 0.6 is 0 Å². The molecule has 0 aromatic carbocycles. The van der Waals surface area contributed by atoms with Gasteiger partial charge in [0.2, 0.25) is 5.91 Å². The van der Waals surface area contributed by atoms with Crippen molar-refractivity contribution in [1.29, 1.82) is 0 Å². The van der Waals surface area contributed by atoms with Crippen LogP contribution in [0, 0.1) is 0 Å². The molecule has 0 aromatic heterocycles. The Morgan fingerprint density at radius 3 is 2.53 bits per heavy atom. The highest BCUT2D eigenvalue weighted by molar-refractivity contribution is 5.81. The Balaban J connectivity index is 2.49. The van der Waals surface area contributed by atoms with Crippen molar-refractivity contribution in [1.82, 2.24) is 9.80 Å². The molecule has 1 fully saturated rings. The summed E-state index contributed by atoms with van der Waals surface area (Å²) in [4.78, 5) is 16.5. The van der Waals surface area contributed by atoms with Crippen LogP contribution in [0.4, 0.5) is 0 Å². The van der Waals surface area contributed by atoms with Gasteiger partial charge >= 0.3 is 0 Å². The van der Waals surface area contributed by atoms with Crippen molar-refractivity contribution in [3.8, 4) is 0 Å². The number of likely N-dealkylation sites (tertiary alicyclic amines) is 1. The lowest BCUT2D eigenvalue weighted by atomic mass is 10.2. The summed E-state index contributed by atoms with van der Waals surface area (Å²) in [6.45, 7) is 8.50. The Labute approximate surface area is 105 Å². The molecule has 0 bridgehead atoms. The van der Waals surface area contributed by atoms with Crippen molar-refractivity contribution in [3.63, 3.8) is 0 Å². The molecule has 4 heteroatoms. The second kappa shape index (κ2) is 7.67. The van der Waals surface area contributed by atoms with E-state index in [4.69, 9.17) is 5.73 Å². The lowest BCUT2D eigenvalue weighted by Gasteiger charge is -2.30. The molecule has 1 aliphatic rings. The fourth-order valence-electron chi connectivity index (χ4n) is 2.38. The van der Waals surface area contributed by atoms with Gasteiger partial charge in [-0.1, -0.05) is 13.3 Å². The van der Waals surface area contributed by atoms with E-state index in [1.165, 1.54) is 0 Å². The molecule has 0 aliphatic carbocycles. The number of carbonyl (C=O) groups is 1. The zero-order valence-corrected chi connectivity index (χ0v) is 11.3. The molecule has 1 rings (SSSR count). The van der Waals surface area contributed by atoms with E-state index in [-0.39, 0.29) is 11.9 Å². The van der Waals surface area contributed by atoms with E-state index in [0.717, 1.165) is 51.9 Å². The standard InChI is InChI=1S/C13H27N3O/c1-3-4-8-15(11-7-14)12(2)13(17)16-9-5-6-10-16/h12H,3-11,14H2,1-2H3. The quantitative estimate of drug-likeness (QED) is 0.725. The third-order valence-corrected chi connectivity index (χ3v) is 3.54. The SMILES string of the molecule is CCCCN(CCN)C(C)C(=O)N1CCCC1. The Kier molecular flexibility index (Phi) is 6.52. The van der Waals surface area contributed by atoms with Gasteiger partial charge in [-0.25, -0.2) is 0 Å². The molecular formula is C13H27N3O. The lowest BCUT2D eigenvalue weighted by molar-refractivity contribution is -0.135. The van der Waals surface area contributed by atoms with Crippen LogP contribution in [-0.2, 0) is 4.79 Å². The fraction of sp³-hybridized carbons (Fsp3) is 0.923. The zero-order chi connectivity index (χ0) is 12.7. The highest BCUT2D eigenvalue weighted by Crippen LogP contribution is 2.12. The summed E-state index contributed by atoms with van der Waals surface area (Å²) in [6.07, 6.45) is 4.61. The smallest absolute Gasteiger partial charge is 0.239 e. The first-order chi connectivity index (χ1) is 8.20. The van der Waals surface area contributed by atoms with Gasteiger partial charge in [0.15, 0.2) is 0 Å². The Morgan fingerprint density at radius 1 is 1.35 bits per heavy atom. The summed E-state index contributed by atoms with van der Waals surface area (Å²) in [6, 6.07) is -0.0109. The van der Waals surface area contributed by atoms with E-state index < -0.39 is 0 Å². The molecule has 0 aromatic rings. The van der Waals surface area contributed by atoms with Crippen LogP contribution in [0.1, 0.15) is 39.5 Å². The van der Waals surface area contributed by atoms with E-state index in [1.807, 2.05) is 11.8 Å². The van der Waals surface area contributed by atoms with Crippen molar-refractivity contribution >= 4 is 5.91 Å². The first kappa shape index (κ1) is 14.5. The number of hydrogen-bond acceptors (Lipinski definition) is 3. The average Bonchev–Trinajstić information content (AvgIpc) is 2.86. The Hall–Kier alpha value is -0.610. The molecule has 100 valence electrons. The zero-order valence-electron chi connectivity index (χ0n) is 11.3. The van der Waals surface area contributed by atoms with E-state index in [2.05, 4.69) is 11.8 Å². The van der Waals surface area contributed by atoms with Crippen molar-refractivity contribution in [2.45, 2.75) is 45.6 Å². The van der Waals surface area contributed by atoms with E-state index in [9.17, 15) is 4.79 Å². The first-order valence-electron chi connectivity index (χ1n) is 6.93. The second-order valence-electron chi connectivity index (χ2n) is 4.89. The van der Waals surface area contributed by atoms with Gasteiger partial charge in [0.1, 0.15) is 0 Å². The Morgan fingerprint density at radius 2 is 2.00 bits per heavy atom. The predicted octanol–water partition coefficient (Wildman–Crippen LogP) is 1.06. The minimum Gasteiger partial charge on any atom is -0.341 e. The number of rotatable bonds is 7. The summed E-state index contributed by atoms with van der Waals surface area (Å²) in [5, 5.41) is 0. The largest absolute Gasteiger partial charge is 0.341 e. The first-order valence-corrected chi connectivity index (χ1v) is 6.93. The van der Waals surface area contributed by atoms with Crippen molar-refractivity contribution in [2.75, 3.05) is 32.7 Å². The summed E-state index contributed by atoms with van der Waals surface area (Å²) < 4.78 is 0. The highest BCUT2D eigenvalue weighted by atomic mass is 16.2. The molecule has 1 heterocycles. The molecule has 17 heavy (non-hydrogen) atoms. The number of hydrogen-bond donors (Lipinski definition) is 1. The molecule has 0 radical (unpaired) electrons. The maximum absolute atomic E-state index is 12.3. The summed E-state index contributed by atoms with van der Waals surface area (Å²) in [7, 11) is 0. The lowest BCUT2D eigenvalue weighted by Crippen LogP contribution is -2.48. The third kappa shape index (κ3) is 4.28. The van der Waals surface area contributed by atoms with Crippen LogP contribution in [-0.4, -0.2) is 54.5 Å². The molecular weight excluding hydrogens is 214 g/mol. The number of nitrogens with two attached hydrogens (primary N) is 1. The fourth-order valence-corrected chi connectivity index (χ4v) is 2.38. The molecule has 1 aliphatic heterocycles. The van der Waals surface area contributed by atoms with Crippen molar-refractivity contribution in [3.05, 3.63) is 0 Å². The third-order valence-electron chi connectivity index (χ3n) is 3.54. The maximum Gasteiger partial charge on any atom is 0.239 e. The second-order valence-corrected chi connectivity index (χ2v) is 4.89. The van der Waals surface area contributed by atoms with Gasteiger partial charge in [-0.15, -0.1) is 0 Å². The highest BCUT2D eigenvalue weighted by Gasteiger charge is 2.26. The summed E-state index contributed by atoms with van der Waals surface area (Å²) >= 11 is 0. The molecule has 1 unspecified atom stereocenters. The van der Waals surface area contributed by atoms with Gasteiger partial charge in [0, 0.05) is 26.2 Å². The van der Waals surface area contributed by atoms with Crippen LogP contribution in [0.25, 0.3) is 0 Å². The topological polar surface area (TPSA) is 49.6 Å². The normalized spacial score (nSPS) is 17.8. The molecule has 1 amide bonds. The maximum atomic E-state index is 12.3. The number of nitrogens with zero attached hydrogens (tertiary/aromatic N) is 2. The molecule has 1 saturated heterocycles. The van der Waals surface area contributed by atoms with Crippen molar-refractivity contribution in [2.24, 2.45) is 5.73 Å². The predicted molar refractivity (Wildman–Crippen MR) is 70.8 cm³/mol.